The second-order valence-corrected chi connectivity index (χ2v) is 2.91. The van der Waals surface area contributed by atoms with Crippen LogP contribution in [0.5, 0.6) is 17.2 Å². The van der Waals surface area contributed by atoms with E-state index in [9.17, 15) is 4.79 Å². The average Bonchev–Trinajstić information content (AvgIpc) is 2.27. The number of benzene rings is 1. The lowest BCUT2D eigenvalue weighted by Crippen LogP contribution is -2.07. The molecule has 0 aliphatic heterocycles. The van der Waals surface area contributed by atoms with Gasteiger partial charge in [0, 0.05) is 6.07 Å². The fourth-order valence-electron chi connectivity index (χ4n) is 1.36. The number of ether oxygens (including phenoxy) is 3. The summed E-state index contributed by atoms with van der Waals surface area (Å²) >= 11 is 0. The Morgan fingerprint density at radius 1 is 1.19 bits per heavy atom. The number of nitrogen functional groups attached to an aromatic ring is 1. The Morgan fingerprint density at radius 2 is 1.75 bits per heavy atom. The normalized spacial score (nSPS) is 9.69. The second kappa shape index (κ2) is 4.61. The Balaban J connectivity index is 3.54. The van der Waals surface area contributed by atoms with Gasteiger partial charge in [0.15, 0.2) is 11.5 Å². The van der Waals surface area contributed by atoms with E-state index in [2.05, 4.69) is 0 Å². The van der Waals surface area contributed by atoms with Crippen LogP contribution >= 0.6 is 0 Å². The Morgan fingerprint density at radius 3 is 2.12 bits per heavy atom. The van der Waals surface area contributed by atoms with Crippen molar-refractivity contribution in [2.75, 3.05) is 27.1 Å². The van der Waals surface area contributed by atoms with Crippen molar-refractivity contribution < 1.29 is 24.1 Å². The van der Waals surface area contributed by atoms with Gasteiger partial charge in [0.1, 0.15) is 0 Å². The molecule has 0 unspecified atom stereocenters. The summed E-state index contributed by atoms with van der Waals surface area (Å²) in [6, 6.07) is 1.29. The van der Waals surface area contributed by atoms with Gasteiger partial charge in [0.2, 0.25) is 5.75 Å². The predicted molar refractivity (Wildman–Crippen MR) is 57.5 cm³/mol. The number of anilines is 1. The van der Waals surface area contributed by atoms with E-state index in [1.165, 1.54) is 27.4 Å². The number of aromatic carboxylic acids is 1. The van der Waals surface area contributed by atoms with Crippen LogP contribution in [0, 0.1) is 0 Å². The van der Waals surface area contributed by atoms with Gasteiger partial charge < -0.3 is 25.1 Å². The molecule has 0 amide bonds. The topological polar surface area (TPSA) is 91.0 Å². The molecule has 1 aromatic rings. The maximum atomic E-state index is 10.9. The summed E-state index contributed by atoms with van der Waals surface area (Å²) in [6.45, 7) is 0. The van der Waals surface area contributed by atoms with Crippen molar-refractivity contribution in [1.82, 2.24) is 0 Å². The average molecular weight is 227 g/mol. The zero-order chi connectivity index (χ0) is 12.3. The molecule has 1 rings (SSSR count). The molecular formula is C10H13NO5. The summed E-state index contributed by atoms with van der Waals surface area (Å²) in [4.78, 5) is 10.9. The highest BCUT2D eigenvalue weighted by Crippen LogP contribution is 2.43. The number of carbonyl (C=O) groups is 1. The van der Waals surface area contributed by atoms with Crippen LogP contribution in [0.4, 0.5) is 5.69 Å². The number of methoxy groups -OCH3 is 3. The largest absolute Gasteiger partial charge is 0.493 e. The molecule has 0 aliphatic rings. The number of hydrogen-bond acceptors (Lipinski definition) is 5. The maximum absolute atomic E-state index is 10.9. The highest BCUT2D eigenvalue weighted by atomic mass is 16.5. The Bertz CT molecular complexity index is 416. The summed E-state index contributed by atoms with van der Waals surface area (Å²) in [5.41, 5.74) is 5.57. The van der Waals surface area contributed by atoms with Crippen LogP contribution in [0.3, 0.4) is 0 Å². The van der Waals surface area contributed by atoms with Crippen molar-refractivity contribution in [3.05, 3.63) is 11.6 Å². The van der Waals surface area contributed by atoms with Gasteiger partial charge >= 0.3 is 5.97 Å². The lowest BCUT2D eigenvalue weighted by atomic mass is 10.1. The van der Waals surface area contributed by atoms with Crippen LogP contribution in [0.25, 0.3) is 0 Å². The highest BCUT2D eigenvalue weighted by Gasteiger charge is 2.21. The van der Waals surface area contributed by atoms with Gasteiger partial charge in [-0.1, -0.05) is 0 Å². The molecule has 3 N–H and O–H groups in total. The molecular weight excluding hydrogens is 214 g/mol. The minimum absolute atomic E-state index is 0.00708. The number of carboxylic acids is 1. The molecule has 0 spiro atoms. The first-order valence-corrected chi connectivity index (χ1v) is 4.38. The number of rotatable bonds is 4. The Hall–Kier alpha value is -2.11. The summed E-state index contributed by atoms with van der Waals surface area (Å²) < 4.78 is 15.1. The fourth-order valence-corrected chi connectivity index (χ4v) is 1.36. The van der Waals surface area contributed by atoms with Gasteiger partial charge in [0.25, 0.3) is 0 Å². The van der Waals surface area contributed by atoms with Crippen LogP contribution < -0.4 is 19.9 Å². The maximum Gasteiger partial charge on any atom is 0.338 e. The predicted octanol–water partition coefficient (Wildman–Crippen LogP) is 0.993. The molecule has 0 aromatic heterocycles. The molecule has 0 fully saturated rings. The Kier molecular flexibility index (Phi) is 3.44. The summed E-state index contributed by atoms with van der Waals surface area (Å²) in [7, 11) is 4.19. The van der Waals surface area contributed by atoms with Crippen molar-refractivity contribution in [1.29, 1.82) is 0 Å². The van der Waals surface area contributed by atoms with Crippen LogP contribution in [0.1, 0.15) is 10.4 Å². The summed E-state index contributed by atoms with van der Waals surface area (Å²) in [5, 5.41) is 8.94. The molecule has 0 saturated heterocycles. The zero-order valence-corrected chi connectivity index (χ0v) is 9.23. The first-order valence-electron chi connectivity index (χ1n) is 4.38. The quantitative estimate of drug-likeness (QED) is 0.745. The van der Waals surface area contributed by atoms with Gasteiger partial charge in [-0.25, -0.2) is 4.79 Å². The Labute approximate surface area is 92.5 Å². The van der Waals surface area contributed by atoms with Crippen LogP contribution in [-0.4, -0.2) is 32.4 Å². The standard InChI is InChI=1S/C10H13NO5/c1-14-6-4-5(10(12)13)7(11)9(16-3)8(6)15-2/h4H,11H2,1-3H3,(H,12,13). The van der Waals surface area contributed by atoms with Crippen molar-refractivity contribution >= 4 is 11.7 Å². The lowest BCUT2D eigenvalue weighted by Gasteiger charge is -2.15. The van der Waals surface area contributed by atoms with E-state index in [0.717, 1.165) is 0 Å². The SMILES string of the molecule is COc1cc(C(=O)O)c(N)c(OC)c1OC. The first-order chi connectivity index (χ1) is 7.56. The minimum Gasteiger partial charge on any atom is -0.493 e. The summed E-state index contributed by atoms with van der Waals surface area (Å²) in [5.74, 6) is -0.477. The molecule has 0 atom stereocenters. The monoisotopic (exact) mass is 227 g/mol. The van der Waals surface area contributed by atoms with Gasteiger partial charge in [-0.2, -0.15) is 0 Å². The van der Waals surface area contributed by atoms with Gasteiger partial charge in [-0.3, -0.25) is 0 Å². The molecule has 0 aliphatic carbocycles. The third-order valence-corrected chi connectivity index (χ3v) is 2.10. The highest BCUT2D eigenvalue weighted by molar-refractivity contribution is 5.97. The van der Waals surface area contributed by atoms with Crippen LogP contribution in [0.2, 0.25) is 0 Å². The molecule has 0 radical (unpaired) electrons. The van der Waals surface area contributed by atoms with Crippen molar-refractivity contribution in [2.45, 2.75) is 0 Å². The molecule has 0 heterocycles. The molecule has 1 aromatic carbocycles. The van der Waals surface area contributed by atoms with E-state index in [1.54, 1.807) is 0 Å². The van der Waals surface area contributed by atoms with E-state index >= 15 is 0 Å². The fraction of sp³-hybridized carbons (Fsp3) is 0.300. The molecule has 16 heavy (non-hydrogen) atoms. The molecule has 6 heteroatoms. The van der Waals surface area contributed by atoms with Crippen molar-refractivity contribution in [3.8, 4) is 17.2 Å². The van der Waals surface area contributed by atoms with Crippen molar-refractivity contribution in [3.63, 3.8) is 0 Å². The zero-order valence-electron chi connectivity index (χ0n) is 9.23. The second-order valence-electron chi connectivity index (χ2n) is 2.91. The van der Waals surface area contributed by atoms with E-state index in [0.29, 0.717) is 0 Å². The molecule has 0 saturated carbocycles. The third-order valence-electron chi connectivity index (χ3n) is 2.10. The summed E-state index contributed by atoms with van der Waals surface area (Å²) in [6.07, 6.45) is 0. The first kappa shape index (κ1) is 12.0. The molecule has 0 bridgehead atoms. The third kappa shape index (κ3) is 1.81. The number of hydrogen-bond donors (Lipinski definition) is 2. The molecule has 88 valence electrons. The lowest BCUT2D eigenvalue weighted by molar-refractivity contribution is 0.0697. The molecule has 6 nitrogen and oxygen atoms in total. The number of carboxylic acid groups (broad SMARTS) is 1. The van der Waals surface area contributed by atoms with E-state index < -0.39 is 5.97 Å². The number of nitrogens with two attached hydrogens (primary N) is 1. The van der Waals surface area contributed by atoms with Gasteiger partial charge in [-0.15, -0.1) is 0 Å². The smallest absolute Gasteiger partial charge is 0.338 e. The minimum atomic E-state index is -1.16. The van der Waals surface area contributed by atoms with Crippen LogP contribution in [0.15, 0.2) is 6.07 Å². The van der Waals surface area contributed by atoms with Gasteiger partial charge in [-0.05, 0) is 0 Å². The van der Waals surface area contributed by atoms with E-state index in [1.807, 2.05) is 0 Å². The van der Waals surface area contributed by atoms with E-state index in [-0.39, 0.29) is 28.5 Å². The van der Waals surface area contributed by atoms with E-state index in [4.69, 9.17) is 25.1 Å². The van der Waals surface area contributed by atoms with Gasteiger partial charge in [0.05, 0.1) is 32.6 Å². The van der Waals surface area contributed by atoms with Crippen molar-refractivity contribution in [2.24, 2.45) is 0 Å². The van der Waals surface area contributed by atoms with Crippen LogP contribution in [-0.2, 0) is 0 Å².